The van der Waals surface area contributed by atoms with E-state index in [2.05, 4.69) is 15.7 Å². The van der Waals surface area contributed by atoms with Gasteiger partial charge in [0.1, 0.15) is 11.9 Å². The number of carbonyl (C=O) groups excluding carboxylic acids is 2. The summed E-state index contributed by atoms with van der Waals surface area (Å²) in [5.41, 5.74) is 1.80. The number of amides is 2. The molecule has 0 aliphatic carbocycles. The van der Waals surface area contributed by atoms with Crippen molar-refractivity contribution in [1.82, 2.24) is 15.1 Å². The zero-order chi connectivity index (χ0) is 21.5. The van der Waals surface area contributed by atoms with Crippen molar-refractivity contribution in [3.8, 4) is 0 Å². The van der Waals surface area contributed by atoms with Crippen molar-refractivity contribution < 1.29 is 9.59 Å². The van der Waals surface area contributed by atoms with Crippen LogP contribution in [0.3, 0.4) is 0 Å². The molecular weight excluding hydrogens is 400 g/mol. The summed E-state index contributed by atoms with van der Waals surface area (Å²) in [7, 11) is 0. The molecule has 6 nitrogen and oxygen atoms in total. The standard InChI is InChI=1S/C23H25ClN4O2/c1-16(2)22(27-21(29)14-17-8-4-3-5-9-17)23(30)26-20-12-13-25-28(20)15-18-10-6-7-11-19(18)24/h3-13,16,22H,14-15H2,1-2H3,(H,26,30)(H,27,29)/t22-/m1/s1. The summed E-state index contributed by atoms with van der Waals surface area (Å²) in [5.74, 6) is -0.0144. The monoisotopic (exact) mass is 424 g/mol. The summed E-state index contributed by atoms with van der Waals surface area (Å²) < 4.78 is 1.67. The fraction of sp³-hybridized carbons (Fsp3) is 0.261. The van der Waals surface area contributed by atoms with Gasteiger partial charge in [-0.25, -0.2) is 4.68 Å². The largest absolute Gasteiger partial charge is 0.344 e. The average molecular weight is 425 g/mol. The number of nitrogens with one attached hydrogen (secondary N) is 2. The van der Waals surface area contributed by atoms with E-state index in [0.717, 1.165) is 11.1 Å². The molecule has 1 aromatic heterocycles. The maximum atomic E-state index is 12.9. The van der Waals surface area contributed by atoms with Gasteiger partial charge in [0.25, 0.3) is 0 Å². The van der Waals surface area contributed by atoms with Gasteiger partial charge >= 0.3 is 0 Å². The van der Waals surface area contributed by atoms with Crippen LogP contribution in [0.25, 0.3) is 0 Å². The maximum absolute atomic E-state index is 12.9. The molecule has 0 fully saturated rings. The van der Waals surface area contributed by atoms with Crippen LogP contribution in [-0.2, 0) is 22.6 Å². The van der Waals surface area contributed by atoms with Crippen LogP contribution in [0, 0.1) is 5.92 Å². The zero-order valence-corrected chi connectivity index (χ0v) is 17.8. The first-order valence-electron chi connectivity index (χ1n) is 9.83. The summed E-state index contributed by atoms with van der Waals surface area (Å²) in [6, 6.07) is 18.0. The van der Waals surface area contributed by atoms with Crippen molar-refractivity contribution in [2.75, 3.05) is 5.32 Å². The molecule has 1 heterocycles. The Hall–Kier alpha value is -3.12. The van der Waals surface area contributed by atoms with Crippen molar-refractivity contribution in [2.45, 2.75) is 32.9 Å². The van der Waals surface area contributed by atoms with Crippen molar-refractivity contribution in [1.29, 1.82) is 0 Å². The van der Waals surface area contributed by atoms with Crippen molar-refractivity contribution in [3.63, 3.8) is 0 Å². The molecule has 3 rings (SSSR count). The van der Waals surface area contributed by atoms with Gasteiger partial charge in [0.2, 0.25) is 11.8 Å². The van der Waals surface area contributed by atoms with E-state index in [1.54, 1.807) is 16.9 Å². The van der Waals surface area contributed by atoms with Crippen LogP contribution in [0.15, 0.2) is 66.9 Å². The summed E-state index contributed by atoms with van der Waals surface area (Å²) in [4.78, 5) is 25.4. The molecule has 156 valence electrons. The highest BCUT2D eigenvalue weighted by Gasteiger charge is 2.25. The van der Waals surface area contributed by atoms with Crippen LogP contribution in [0.5, 0.6) is 0 Å². The third-order valence-corrected chi connectivity index (χ3v) is 5.09. The summed E-state index contributed by atoms with van der Waals surface area (Å²) >= 11 is 6.24. The van der Waals surface area contributed by atoms with Gasteiger partial charge in [0, 0.05) is 11.1 Å². The van der Waals surface area contributed by atoms with Gasteiger partial charge in [-0.2, -0.15) is 5.10 Å². The quantitative estimate of drug-likeness (QED) is 0.575. The summed E-state index contributed by atoms with van der Waals surface area (Å²) in [6.07, 6.45) is 1.84. The third-order valence-electron chi connectivity index (χ3n) is 4.72. The Morgan fingerprint density at radius 1 is 1.03 bits per heavy atom. The lowest BCUT2D eigenvalue weighted by atomic mass is 10.0. The molecule has 0 unspecified atom stereocenters. The minimum Gasteiger partial charge on any atom is -0.344 e. The van der Waals surface area contributed by atoms with Gasteiger partial charge in [-0.1, -0.05) is 74.0 Å². The Morgan fingerprint density at radius 3 is 2.43 bits per heavy atom. The van der Waals surface area contributed by atoms with E-state index in [1.165, 1.54) is 0 Å². The molecule has 7 heteroatoms. The fourth-order valence-corrected chi connectivity index (χ4v) is 3.29. The van der Waals surface area contributed by atoms with E-state index < -0.39 is 6.04 Å². The molecule has 0 spiro atoms. The fourth-order valence-electron chi connectivity index (χ4n) is 3.10. The van der Waals surface area contributed by atoms with E-state index in [1.807, 2.05) is 68.4 Å². The SMILES string of the molecule is CC(C)[C@@H](NC(=O)Cc1ccccc1)C(=O)Nc1ccnn1Cc1ccccc1Cl. The molecule has 0 radical (unpaired) electrons. The smallest absolute Gasteiger partial charge is 0.248 e. The van der Waals surface area contributed by atoms with Crippen LogP contribution in [0.2, 0.25) is 5.02 Å². The van der Waals surface area contributed by atoms with E-state index >= 15 is 0 Å². The number of rotatable bonds is 8. The molecule has 0 saturated carbocycles. The lowest BCUT2D eigenvalue weighted by Crippen LogP contribution is -2.47. The van der Waals surface area contributed by atoms with Crippen LogP contribution < -0.4 is 10.6 Å². The number of nitrogens with zero attached hydrogens (tertiary/aromatic N) is 2. The van der Waals surface area contributed by atoms with Crippen LogP contribution in [0.4, 0.5) is 5.82 Å². The number of aromatic nitrogens is 2. The highest BCUT2D eigenvalue weighted by atomic mass is 35.5. The van der Waals surface area contributed by atoms with Gasteiger partial charge in [0.05, 0.1) is 19.2 Å². The molecule has 3 aromatic rings. The normalized spacial score (nSPS) is 11.9. The van der Waals surface area contributed by atoms with E-state index in [9.17, 15) is 9.59 Å². The first kappa shape index (κ1) is 21.6. The Bertz CT molecular complexity index is 1000. The maximum Gasteiger partial charge on any atom is 0.248 e. The Morgan fingerprint density at radius 2 is 1.73 bits per heavy atom. The second-order valence-electron chi connectivity index (χ2n) is 7.41. The second kappa shape index (κ2) is 10.1. The minimum absolute atomic E-state index is 0.0790. The molecule has 2 amide bonds. The van der Waals surface area contributed by atoms with Crippen LogP contribution in [0.1, 0.15) is 25.0 Å². The molecule has 0 bridgehead atoms. The van der Waals surface area contributed by atoms with Crippen molar-refractivity contribution in [2.24, 2.45) is 5.92 Å². The molecule has 1 atom stereocenters. The van der Waals surface area contributed by atoms with Crippen molar-refractivity contribution in [3.05, 3.63) is 83.0 Å². The highest BCUT2D eigenvalue weighted by molar-refractivity contribution is 6.31. The molecule has 2 N–H and O–H groups in total. The Labute approximate surface area is 181 Å². The lowest BCUT2D eigenvalue weighted by Gasteiger charge is -2.22. The number of halogens is 1. The van der Waals surface area contributed by atoms with Gasteiger partial charge in [-0.3, -0.25) is 9.59 Å². The van der Waals surface area contributed by atoms with Gasteiger partial charge in [-0.15, -0.1) is 0 Å². The number of hydrogen-bond donors (Lipinski definition) is 2. The number of benzene rings is 2. The topological polar surface area (TPSA) is 76.0 Å². The number of hydrogen-bond acceptors (Lipinski definition) is 3. The predicted octanol–water partition coefficient (Wildman–Crippen LogP) is 3.91. The first-order valence-corrected chi connectivity index (χ1v) is 10.2. The van der Waals surface area contributed by atoms with Gasteiger partial charge in [-0.05, 0) is 23.1 Å². The number of anilines is 1. The molecule has 30 heavy (non-hydrogen) atoms. The molecular formula is C23H25ClN4O2. The summed E-state index contributed by atoms with van der Waals surface area (Å²) in [5, 5.41) is 10.7. The van der Waals surface area contributed by atoms with E-state index in [0.29, 0.717) is 17.4 Å². The first-order chi connectivity index (χ1) is 14.4. The average Bonchev–Trinajstić information content (AvgIpc) is 3.15. The minimum atomic E-state index is -0.662. The lowest BCUT2D eigenvalue weighted by molar-refractivity contribution is -0.127. The molecule has 2 aromatic carbocycles. The highest BCUT2D eigenvalue weighted by Crippen LogP contribution is 2.18. The van der Waals surface area contributed by atoms with Gasteiger partial charge in [0.15, 0.2) is 0 Å². The van der Waals surface area contributed by atoms with Gasteiger partial charge < -0.3 is 10.6 Å². The Balaban J connectivity index is 1.66. The number of carbonyl (C=O) groups is 2. The molecule has 0 aliphatic rings. The predicted molar refractivity (Wildman–Crippen MR) is 118 cm³/mol. The van der Waals surface area contributed by atoms with Crippen molar-refractivity contribution >= 4 is 29.2 Å². The Kier molecular flexibility index (Phi) is 7.25. The summed E-state index contributed by atoms with van der Waals surface area (Å²) in [6.45, 7) is 4.22. The zero-order valence-electron chi connectivity index (χ0n) is 17.0. The molecule has 0 aliphatic heterocycles. The second-order valence-corrected chi connectivity index (χ2v) is 7.81. The third kappa shape index (κ3) is 5.70. The van der Waals surface area contributed by atoms with E-state index in [-0.39, 0.29) is 24.2 Å². The molecule has 0 saturated heterocycles. The van der Waals surface area contributed by atoms with Crippen LogP contribution >= 0.6 is 11.6 Å². The van der Waals surface area contributed by atoms with E-state index in [4.69, 9.17) is 11.6 Å². The van der Waals surface area contributed by atoms with Crippen LogP contribution in [-0.4, -0.2) is 27.6 Å².